The van der Waals surface area contributed by atoms with Crippen molar-refractivity contribution in [2.75, 3.05) is 6.61 Å². The zero-order valence-corrected chi connectivity index (χ0v) is 25.1. The van der Waals surface area contributed by atoms with Crippen LogP contribution in [0.15, 0.2) is 91.2 Å². The topological polar surface area (TPSA) is 90.4 Å². The van der Waals surface area contributed by atoms with E-state index >= 15 is 0 Å². The molecule has 3 aromatic rings. The lowest BCUT2D eigenvalue weighted by atomic mass is 9.94. The molecule has 0 saturated carbocycles. The molecule has 3 N–H and O–H groups in total. The highest BCUT2D eigenvalue weighted by Gasteiger charge is 2.22. The fourth-order valence-electron chi connectivity index (χ4n) is 3.28. The molecule has 3 rings (SSSR count). The molecule has 6 nitrogen and oxygen atoms in total. The Labute approximate surface area is 239 Å². The summed E-state index contributed by atoms with van der Waals surface area (Å²) in [7, 11) is 0. The van der Waals surface area contributed by atoms with E-state index in [0.29, 0.717) is 29.3 Å². The van der Waals surface area contributed by atoms with Crippen LogP contribution in [0, 0.1) is 6.92 Å². The predicted octanol–water partition coefficient (Wildman–Crippen LogP) is 8.29. The third kappa shape index (κ3) is 13.0. The van der Waals surface area contributed by atoms with Gasteiger partial charge in [-0.2, -0.15) is 5.10 Å². The lowest BCUT2D eigenvalue weighted by Crippen LogP contribution is -2.15. The molecule has 0 fully saturated rings. The SMILES string of the molecule is C/C=C(C)\C=C/N.C=CC.CC.CCOc1ccc(-n2nc(CC(C(=O)O)c3cccc(Cl)c3)cc2C)cc1. The van der Waals surface area contributed by atoms with Crippen molar-refractivity contribution in [1.29, 1.82) is 0 Å². The maximum Gasteiger partial charge on any atom is 0.311 e. The van der Waals surface area contributed by atoms with Crippen molar-refractivity contribution in [3.8, 4) is 11.4 Å². The van der Waals surface area contributed by atoms with Crippen LogP contribution in [0.5, 0.6) is 5.75 Å². The van der Waals surface area contributed by atoms with Gasteiger partial charge in [-0.25, -0.2) is 4.68 Å². The van der Waals surface area contributed by atoms with E-state index in [0.717, 1.165) is 17.1 Å². The van der Waals surface area contributed by atoms with E-state index < -0.39 is 11.9 Å². The highest BCUT2D eigenvalue weighted by molar-refractivity contribution is 6.30. The van der Waals surface area contributed by atoms with Crippen molar-refractivity contribution in [3.63, 3.8) is 0 Å². The third-order valence-corrected chi connectivity index (χ3v) is 5.34. The Hall–Kier alpha value is -3.77. The molecule has 39 heavy (non-hydrogen) atoms. The molecule has 1 aromatic heterocycles. The maximum absolute atomic E-state index is 11.8. The first kappa shape index (κ1) is 35.2. The van der Waals surface area contributed by atoms with E-state index in [2.05, 4.69) is 11.7 Å². The fourth-order valence-corrected chi connectivity index (χ4v) is 3.48. The minimum absolute atomic E-state index is 0.292. The van der Waals surface area contributed by atoms with Crippen LogP contribution in [0.25, 0.3) is 5.69 Å². The van der Waals surface area contributed by atoms with Crippen molar-refractivity contribution in [3.05, 3.63) is 113 Å². The number of allylic oxidation sites excluding steroid dienone is 4. The number of ether oxygens (including phenoxy) is 1. The number of aliphatic carboxylic acids is 1. The van der Waals surface area contributed by atoms with Crippen LogP contribution in [0.2, 0.25) is 5.02 Å². The fraction of sp³-hybridized carbons (Fsp3) is 0.312. The van der Waals surface area contributed by atoms with Gasteiger partial charge in [-0.1, -0.05) is 55.3 Å². The van der Waals surface area contributed by atoms with Crippen LogP contribution in [-0.4, -0.2) is 27.5 Å². The number of aromatic nitrogens is 2. The van der Waals surface area contributed by atoms with E-state index in [-0.39, 0.29) is 0 Å². The Kier molecular flexibility index (Phi) is 18.3. The Morgan fingerprint density at radius 1 is 1.18 bits per heavy atom. The van der Waals surface area contributed by atoms with E-state index in [1.807, 2.05) is 95.6 Å². The summed E-state index contributed by atoms with van der Waals surface area (Å²) in [5, 5.41) is 14.8. The Morgan fingerprint density at radius 3 is 2.26 bits per heavy atom. The molecule has 0 aliphatic heterocycles. The second kappa shape index (κ2) is 20.2. The zero-order valence-electron chi connectivity index (χ0n) is 24.3. The van der Waals surface area contributed by atoms with Crippen molar-refractivity contribution in [2.24, 2.45) is 5.73 Å². The van der Waals surface area contributed by atoms with Crippen molar-refractivity contribution in [2.45, 2.75) is 60.8 Å². The number of nitrogens with two attached hydrogens (primary N) is 1. The summed E-state index contributed by atoms with van der Waals surface area (Å²) in [4.78, 5) is 11.8. The molecule has 0 aliphatic carbocycles. The molecule has 1 unspecified atom stereocenters. The van der Waals surface area contributed by atoms with Gasteiger partial charge in [-0.15, -0.1) is 6.58 Å². The van der Waals surface area contributed by atoms with Crippen molar-refractivity contribution >= 4 is 17.6 Å². The number of carboxylic acids is 1. The average Bonchev–Trinajstić information content (AvgIpc) is 3.30. The standard InChI is InChI=1S/C21H21ClN2O3.C6H11N.C3H6.C2H6/c1-3-27-19-9-7-18(8-10-19)24-14(2)11-17(23-24)13-20(21(25)26)15-5-4-6-16(22)12-15;1-3-6(2)4-5-7;1-3-2;1-2/h4-12,20H,3,13H2,1-2H3,(H,25,26);3-5H,7H2,1-2H3;3H,1H2,2H3;1-2H3/b;5-4-,6-3-;;. The minimum Gasteiger partial charge on any atom is -0.494 e. The summed E-state index contributed by atoms with van der Waals surface area (Å²) in [6, 6.07) is 16.5. The second-order valence-corrected chi connectivity index (χ2v) is 8.50. The van der Waals surface area contributed by atoms with Gasteiger partial charge < -0.3 is 15.6 Å². The minimum atomic E-state index is -0.898. The molecule has 0 aliphatic rings. The summed E-state index contributed by atoms with van der Waals surface area (Å²) >= 11 is 6.02. The zero-order chi connectivity index (χ0) is 29.8. The third-order valence-electron chi connectivity index (χ3n) is 5.11. The van der Waals surface area contributed by atoms with E-state index in [1.54, 1.807) is 30.3 Å². The smallest absolute Gasteiger partial charge is 0.311 e. The van der Waals surface area contributed by atoms with Crippen LogP contribution in [0.3, 0.4) is 0 Å². The average molecular weight is 554 g/mol. The lowest BCUT2D eigenvalue weighted by molar-refractivity contribution is -0.138. The number of carboxylic acid groups (broad SMARTS) is 1. The van der Waals surface area contributed by atoms with Gasteiger partial charge >= 0.3 is 5.97 Å². The number of aryl methyl sites for hydroxylation is 1. The molecule has 1 heterocycles. The molecular formula is C32H44ClN3O3. The molecule has 0 saturated heterocycles. The van der Waals surface area contributed by atoms with Gasteiger partial charge in [0.2, 0.25) is 0 Å². The first-order valence-electron chi connectivity index (χ1n) is 13.1. The number of halogens is 1. The normalized spacial score (nSPS) is 11.1. The first-order chi connectivity index (χ1) is 18.7. The molecule has 7 heteroatoms. The Balaban J connectivity index is 0.00000102. The monoisotopic (exact) mass is 553 g/mol. The molecule has 0 spiro atoms. The maximum atomic E-state index is 11.8. The van der Waals surface area contributed by atoms with E-state index in [9.17, 15) is 9.90 Å². The molecule has 0 amide bonds. The van der Waals surface area contributed by atoms with Gasteiger partial charge in [0.25, 0.3) is 0 Å². The van der Waals surface area contributed by atoms with E-state index in [1.165, 1.54) is 11.8 Å². The largest absolute Gasteiger partial charge is 0.494 e. The second-order valence-electron chi connectivity index (χ2n) is 8.07. The van der Waals surface area contributed by atoms with Crippen molar-refractivity contribution < 1.29 is 14.6 Å². The summed E-state index contributed by atoms with van der Waals surface area (Å²) in [5.41, 5.74) is 9.50. The summed E-state index contributed by atoms with van der Waals surface area (Å²) < 4.78 is 7.27. The van der Waals surface area contributed by atoms with Gasteiger partial charge in [-0.05, 0) is 94.9 Å². The predicted molar refractivity (Wildman–Crippen MR) is 165 cm³/mol. The molecular weight excluding hydrogens is 510 g/mol. The summed E-state index contributed by atoms with van der Waals surface area (Å²) in [6.45, 7) is 17.7. The van der Waals surface area contributed by atoms with Gasteiger partial charge in [-0.3, -0.25) is 4.79 Å². The molecule has 1 atom stereocenters. The molecule has 212 valence electrons. The van der Waals surface area contributed by atoms with E-state index in [4.69, 9.17) is 22.1 Å². The first-order valence-corrected chi connectivity index (χ1v) is 13.4. The summed E-state index contributed by atoms with van der Waals surface area (Å²) in [6.07, 6.45) is 7.44. The number of rotatable bonds is 8. The molecule has 0 bridgehead atoms. The number of nitrogens with zero attached hydrogens (tertiary/aromatic N) is 2. The van der Waals surface area contributed by atoms with Crippen LogP contribution < -0.4 is 10.5 Å². The van der Waals surface area contributed by atoms with Crippen molar-refractivity contribution in [1.82, 2.24) is 9.78 Å². The van der Waals surface area contributed by atoms with Crippen LogP contribution >= 0.6 is 11.6 Å². The quantitative estimate of drug-likeness (QED) is 0.216. The number of benzene rings is 2. The highest BCUT2D eigenvalue weighted by atomic mass is 35.5. The lowest BCUT2D eigenvalue weighted by Gasteiger charge is -2.11. The van der Waals surface area contributed by atoms with Crippen LogP contribution in [0.1, 0.15) is 64.4 Å². The van der Waals surface area contributed by atoms with Gasteiger partial charge in [0.15, 0.2) is 0 Å². The number of hydrogen-bond donors (Lipinski definition) is 2. The van der Waals surface area contributed by atoms with Gasteiger partial charge in [0.1, 0.15) is 5.75 Å². The Bertz CT molecular complexity index is 1180. The van der Waals surface area contributed by atoms with Gasteiger partial charge in [0, 0.05) is 17.1 Å². The Morgan fingerprint density at radius 2 is 1.79 bits per heavy atom. The number of hydrogen-bond acceptors (Lipinski definition) is 4. The highest BCUT2D eigenvalue weighted by Crippen LogP contribution is 2.25. The van der Waals surface area contributed by atoms with Crippen LogP contribution in [0.4, 0.5) is 0 Å². The molecule has 0 radical (unpaired) electrons. The molecule has 2 aromatic carbocycles. The van der Waals surface area contributed by atoms with Gasteiger partial charge in [0.05, 0.1) is 23.9 Å². The number of carbonyl (C=O) groups is 1. The summed E-state index contributed by atoms with van der Waals surface area (Å²) in [5.74, 6) is -0.796. The van der Waals surface area contributed by atoms with Crippen LogP contribution in [-0.2, 0) is 11.2 Å².